The molecule has 0 saturated heterocycles. The van der Waals surface area contributed by atoms with Crippen molar-refractivity contribution in [3.8, 4) is 11.5 Å². The zero-order valence-electron chi connectivity index (χ0n) is 11.0. The number of aromatic nitrogens is 2. The number of amides is 1. The predicted octanol–water partition coefficient (Wildman–Crippen LogP) is 2.72. The quantitative estimate of drug-likeness (QED) is 0.930. The summed E-state index contributed by atoms with van der Waals surface area (Å²) in [7, 11) is 0. The molecule has 2 atom stereocenters. The molecule has 1 heterocycles. The molecule has 2 saturated carbocycles. The molecule has 20 heavy (non-hydrogen) atoms. The first kappa shape index (κ1) is 11.6. The summed E-state index contributed by atoms with van der Waals surface area (Å²) in [5.74, 6) is 2.42. The molecule has 0 spiro atoms. The second-order valence-electron chi connectivity index (χ2n) is 5.74. The van der Waals surface area contributed by atoms with Crippen molar-refractivity contribution in [2.24, 2.45) is 17.8 Å². The standard InChI is InChI=1S/C15H15N3O2/c19-14(12-5-10-4-11(10)6-12)17-13-3-1-2-9(7-13)15-18-16-8-20-15/h1-3,7-8,10-12H,4-6H2,(H,17,19). The highest BCUT2D eigenvalue weighted by Crippen LogP contribution is 2.54. The van der Waals surface area contributed by atoms with Crippen molar-refractivity contribution in [2.45, 2.75) is 19.3 Å². The number of nitrogens with zero attached hydrogens (tertiary/aromatic N) is 2. The van der Waals surface area contributed by atoms with Gasteiger partial charge in [-0.1, -0.05) is 6.07 Å². The normalized spacial score (nSPS) is 27.1. The number of nitrogens with one attached hydrogen (secondary N) is 1. The number of carbonyl (C=O) groups excluding carboxylic acids is 1. The molecule has 2 aliphatic rings. The number of hydrogen-bond donors (Lipinski definition) is 1. The monoisotopic (exact) mass is 269 g/mol. The van der Waals surface area contributed by atoms with E-state index in [1.165, 1.54) is 12.8 Å². The van der Waals surface area contributed by atoms with Crippen LogP contribution < -0.4 is 5.32 Å². The molecule has 0 aliphatic heterocycles. The molecule has 1 aromatic carbocycles. The second-order valence-corrected chi connectivity index (χ2v) is 5.74. The summed E-state index contributed by atoms with van der Waals surface area (Å²) in [6.07, 6.45) is 4.74. The van der Waals surface area contributed by atoms with E-state index in [2.05, 4.69) is 15.5 Å². The molecule has 1 amide bonds. The summed E-state index contributed by atoms with van der Waals surface area (Å²) in [5, 5.41) is 10.5. The molecule has 2 aliphatic carbocycles. The smallest absolute Gasteiger partial charge is 0.247 e. The fourth-order valence-electron chi connectivity index (χ4n) is 3.20. The minimum Gasteiger partial charge on any atom is -0.423 e. The summed E-state index contributed by atoms with van der Waals surface area (Å²) >= 11 is 0. The second kappa shape index (κ2) is 4.44. The molecule has 2 unspecified atom stereocenters. The third-order valence-electron chi connectivity index (χ3n) is 4.35. The zero-order chi connectivity index (χ0) is 13.5. The maximum absolute atomic E-state index is 12.2. The fourth-order valence-corrected chi connectivity index (χ4v) is 3.20. The van der Waals surface area contributed by atoms with E-state index in [0.29, 0.717) is 5.89 Å². The van der Waals surface area contributed by atoms with Crippen molar-refractivity contribution in [3.63, 3.8) is 0 Å². The summed E-state index contributed by atoms with van der Waals surface area (Å²) in [6.45, 7) is 0. The molecule has 5 nitrogen and oxygen atoms in total. The van der Waals surface area contributed by atoms with Crippen LogP contribution >= 0.6 is 0 Å². The van der Waals surface area contributed by atoms with Crippen LogP contribution in [0.25, 0.3) is 11.5 Å². The van der Waals surface area contributed by atoms with Gasteiger partial charge in [-0.15, -0.1) is 10.2 Å². The van der Waals surface area contributed by atoms with Crippen LogP contribution in [0.3, 0.4) is 0 Å². The van der Waals surface area contributed by atoms with Crippen LogP contribution in [0.1, 0.15) is 19.3 Å². The van der Waals surface area contributed by atoms with E-state index in [4.69, 9.17) is 4.42 Å². The maximum Gasteiger partial charge on any atom is 0.247 e. The Kier molecular flexibility index (Phi) is 2.58. The van der Waals surface area contributed by atoms with Gasteiger partial charge in [0.15, 0.2) is 0 Å². The predicted molar refractivity (Wildman–Crippen MR) is 72.7 cm³/mol. The van der Waals surface area contributed by atoms with E-state index in [-0.39, 0.29) is 11.8 Å². The molecule has 4 rings (SSSR count). The number of carbonyl (C=O) groups is 1. The highest BCUT2D eigenvalue weighted by Gasteiger charge is 2.47. The van der Waals surface area contributed by atoms with Gasteiger partial charge in [-0.05, 0) is 49.3 Å². The Bertz CT molecular complexity index is 628. The van der Waals surface area contributed by atoms with Gasteiger partial charge in [0.25, 0.3) is 0 Å². The van der Waals surface area contributed by atoms with Gasteiger partial charge in [0.05, 0.1) is 0 Å². The number of rotatable bonds is 3. The first-order valence-electron chi connectivity index (χ1n) is 6.97. The molecular formula is C15H15N3O2. The van der Waals surface area contributed by atoms with Crippen LogP contribution in [0.2, 0.25) is 0 Å². The number of hydrogen-bond acceptors (Lipinski definition) is 4. The van der Waals surface area contributed by atoms with Crippen LogP contribution in [0, 0.1) is 17.8 Å². The van der Waals surface area contributed by atoms with E-state index >= 15 is 0 Å². The summed E-state index contributed by atoms with van der Waals surface area (Å²) < 4.78 is 5.16. The molecule has 2 aromatic rings. The molecule has 0 radical (unpaired) electrons. The van der Waals surface area contributed by atoms with Gasteiger partial charge < -0.3 is 9.73 Å². The van der Waals surface area contributed by atoms with Crippen molar-refractivity contribution in [1.29, 1.82) is 0 Å². The van der Waals surface area contributed by atoms with Gasteiger partial charge in [-0.3, -0.25) is 4.79 Å². The van der Waals surface area contributed by atoms with Crippen LogP contribution in [0.4, 0.5) is 5.69 Å². The van der Waals surface area contributed by atoms with E-state index < -0.39 is 0 Å². The third-order valence-corrected chi connectivity index (χ3v) is 4.35. The van der Waals surface area contributed by atoms with E-state index in [1.54, 1.807) is 0 Å². The van der Waals surface area contributed by atoms with Crippen molar-refractivity contribution >= 4 is 11.6 Å². The van der Waals surface area contributed by atoms with Gasteiger partial charge >= 0.3 is 0 Å². The average molecular weight is 269 g/mol. The largest absolute Gasteiger partial charge is 0.423 e. The lowest BCUT2D eigenvalue weighted by atomic mass is 10.0. The van der Waals surface area contributed by atoms with E-state index in [1.807, 2.05) is 24.3 Å². The zero-order valence-corrected chi connectivity index (χ0v) is 11.0. The highest BCUT2D eigenvalue weighted by molar-refractivity contribution is 5.93. The van der Waals surface area contributed by atoms with Crippen LogP contribution in [-0.2, 0) is 4.79 Å². The topological polar surface area (TPSA) is 68.0 Å². The fraction of sp³-hybridized carbons (Fsp3) is 0.400. The Balaban J connectivity index is 1.48. The van der Waals surface area contributed by atoms with E-state index in [9.17, 15) is 4.79 Å². The lowest BCUT2D eigenvalue weighted by molar-refractivity contribution is -0.120. The third kappa shape index (κ3) is 2.09. The van der Waals surface area contributed by atoms with Crippen molar-refractivity contribution in [2.75, 3.05) is 5.32 Å². The Morgan fingerprint density at radius 2 is 2.10 bits per heavy atom. The molecule has 102 valence electrons. The molecule has 2 fully saturated rings. The minimum atomic E-state index is 0.139. The van der Waals surface area contributed by atoms with Crippen LogP contribution in [0.5, 0.6) is 0 Å². The Morgan fingerprint density at radius 1 is 1.25 bits per heavy atom. The van der Waals surface area contributed by atoms with Crippen molar-refractivity contribution in [1.82, 2.24) is 10.2 Å². The van der Waals surface area contributed by atoms with Gasteiger partial charge in [0.1, 0.15) is 0 Å². The van der Waals surface area contributed by atoms with Gasteiger partial charge in [0.2, 0.25) is 18.2 Å². The molecule has 5 heteroatoms. The van der Waals surface area contributed by atoms with Crippen LogP contribution in [0.15, 0.2) is 35.1 Å². The summed E-state index contributed by atoms with van der Waals surface area (Å²) in [6, 6.07) is 7.50. The van der Waals surface area contributed by atoms with E-state index in [0.717, 1.165) is 35.9 Å². The number of fused-ring (bicyclic) bond motifs is 1. The first-order valence-corrected chi connectivity index (χ1v) is 6.97. The average Bonchev–Trinajstić information content (AvgIpc) is 2.91. The Labute approximate surface area is 116 Å². The summed E-state index contributed by atoms with van der Waals surface area (Å²) in [4.78, 5) is 12.2. The van der Waals surface area contributed by atoms with Crippen molar-refractivity contribution in [3.05, 3.63) is 30.7 Å². The Morgan fingerprint density at radius 3 is 2.85 bits per heavy atom. The molecule has 1 aromatic heterocycles. The van der Waals surface area contributed by atoms with Crippen molar-refractivity contribution < 1.29 is 9.21 Å². The first-order chi connectivity index (χ1) is 9.79. The summed E-state index contributed by atoms with van der Waals surface area (Å²) in [5.41, 5.74) is 1.60. The minimum absolute atomic E-state index is 0.139. The molecule has 1 N–H and O–H groups in total. The Hall–Kier alpha value is -2.17. The van der Waals surface area contributed by atoms with Gasteiger partial charge in [-0.2, -0.15) is 0 Å². The lowest BCUT2D eigenvalue weighted by Gasteiger charge is -2.12. The van der Waals surface area contributed by atoms with Crippen LogP contribution in [-0.4, -0.2) is 16.1 Å². The molecule has 0 bridgehead atoms. The highest BCUT2D eigenvalue weighted by atomic mass is 16.4. The van der Waals surface area contributed by atoms with Gasteiger partial charge in [-0.25, -0.2) is 0 Å². The van der Waals surface area contributed by atoms with Gasteiger partial charge in [0, 0.05) is 17.2 Å². The molecular weight excluding hydrogens is 254 g/mol. The number of anilines is 1. The maximum atomic E-state index is 12.2. The SMILES string of the molecule is O=C(Nc1cccc(-c2nnco2)c1)C1CC2CC2C1. The lowest BCUT2D eigenvalue weighted by Crippen LogP contribution is -2.21. The number of benzene rings is 1.